The average Bonchev–Trinajstić information content (AvgIpc) is 2.53. The van der Waals surface area contributed by atoms with Gasteiger partial charge in [0.1, 0.15) is 0 Å². The number of benzene rings is 1. The summed E-state index contributed by atoms with van der Waals surface area (Å²) >= 11 is 1.93. The molecule has 1 aromatic rings. The van der Waals surface area contributed by atoms with Gasteiger partial charge in [-0.1, -0.05) is 32.0 Å². The summed E-state index contributed by atoms with van der Waals surface area (Å²) in [7, 11) is 2.23. The number of nitrogens with zero attached hydrogens (tertiary/aromatic N) is 1. The van der Waals surface area contributed by atoms with Gasteiger partial charge in [0.25, 0.3) is 0 Å². The lowest BCUT2D eigenvalue weighted by Gasteiger charge is -2.31. The number of thioether (sulfide) groups is 1. The Morgan fingerprint density at radius 3 is 2.57 bits per heavy atom. The summed E-state index contributed by atoms with van der Waals surface area (Å²) in [5.74, 6) is 1.22. The Morgan fingerprint density at radius 2 is 1.95 bits per heavy atom. The minimum absolute atomic E-state index is 0.455. The molecule has 2 unspecified atom stereocenters. The Kier molecular flexibility index (Phi) is 8.86. The van der Waals surface area contributed by atoms with Crippen LogP contribution in [-0.2, 0) is 0 Å². The van der Waals surface area contributed by atoms with Gasteiger partial charge in [0.2, 0.25) is 0 Å². The maximum absolute atomic E-state index is 3.68. The van der Waals surface area contributed by atoms with Gasteiger partial charge in [-0.05, 0) is 56.4 Å². The largest absolute Gasteiger partial charge is 0.372 e. The van der Waals surface area contributed by atoms with Crippen molar-refractivity contribution in [1.82, 2.24) is 5.32 Å². The number of hydrogen-bond donors (Lipinski definition) is 1. The fraction of sp³-hybridized carbons (Fsp3) is 0.667. The van der Waals surface area contributed by atoms with E-state index in [2.05, 4.69) is 68.6 Å². The molecule has 1 aromatic carbocycles. The second-order valence-corrected chi connectivity index (χ2v) is 6.70. The van der Waals surface area contributed by atoms with Crippen LogP contribution >= 0.6 is 11.8 Å². The third kappa shape index (κ3) is 5.55. The molecular formula is C18H32N2S. The zero-order valence-electron chi connectivity index (χ0n) is 14.4. The van der Waals surface area contributed by atoms with Gasteiger partial charge in [-0.3, -0.25) is 0 Å². The second kappa shape index (κ2) is 10.1. The van der Waals surface area contributed by atoms with E-state index in [0.717, 1.165) is 13.0 Å². The predicted molar refractivity (Wildman–Crippen MR) is 98.6 cm³/mol. The molecule has 0 fully saturated rings. The van der Waals surface area contributed by atoms with E-state index in [1.807, 2.05) is 11.8 Å². The lowest BCUT2D eigenvalue weighted by Crippen LogP contribution is -2.32. The lowest BCUT2D eigenvalue weighted by molar-refractivity contribution is 0.516. The summed E-state index contributed by atoms with van der Waals surface area (Å²) in [6, 6.07) is 9.89. The van der Waals surface area contributed by atoms with Crippen LogP contribution in [0.4, 0.5) is 5.69 Å². The molecule has 0 aromatic heterocycles. The fourth-order valence-corrected chi connectivity index (χ4v) is 3.19. The highest BCUT2D eigenvalue weighted by atomic mass is 32.2. The summed E-state index contributed by atoms with van der Waals surface area (Å²) in [6.07, 6.45) is 5.72. The first-order valence-corrected chi connectivity index (χ1v) is 9.59. The molecular weight excluding hydrogens is 276 g/mol. The molecule has 0 aliphatic heterocycles. The van der Waals surface area contributed by atoms with Crippen molar-refractivity contribution in [2.24, 2.45) is 0 Å². The first-order valence-electron chi connectivity index (χ1n) is 8.19. The molecule has 3 heteroatoms. The van der Waals surface area contributed by atoms with Crippen LogP contribution in [0.25, 0.3) is 0 Å². The fourth-order valence-electron chi connectivity index (χ4n) is 2.62. The normalized spacial score (nSPS) is 14.0. The molecule has 21 heavy (non-hydrogen) atoms. The third-order valence-electron chi connectivity index (χ3n) is 4.14. The topological polar surface area (TPSA) is 15.3 Å². The number of hydrogen-bond acceptors (Lipinski definition) is 3. The smallest absolute Gasteiger partial charge is 0.0414 e. The monoisotopic (exact) mass is 308 g/mol. The quantitative estimate of drug-likeness (QED) is 0.673. The lowest BCUT2D eigenvalue weighted by atomic mass is 10.0. The van der Waals surface area contributed by atoms with Crippen molar-refractivity contribution < 1.29 is 0 Å². The molecule has 0 saturated carbocycles. The molecule has 120 valence electrons. The van der Waals surface area contributed by atoms with Crippen LogP contribution in [0.5, 0.6) is 0 Å². The molecule has 1 N–H and O–H groups in total. The van der Waals surface area contributed by atoms with Crippen LogP contribution in [0, 0.1) is 0 Å². The van der Waals surface area contributed by atoms with Crippen LogP contribution < -0.4 is 10.2 Å². The standard InChI is InChI=1S/C18H32N2S/c1-6-13-19-17(7-2)16-10-8-9-11-18(16)20(4)15(3)12-14-21-5/h8-11,15,17,19H,6-7,12-14H2,1-5H3. The molecule has 0 bridgehead atoms. The molecule has 0 spiro atoms. The third-order valence-corrected chi connectivity index (χ3v) is 4.79. The molecule has 0 aliphatic rings. The molecule has 0 aliphatic carbocycles. The maximum Gasteiger partial charge on any atom is 0.0414 e. The van der Waals surface area contributed by atoms with Crippen LogP contribution in [0.1, 0.15) is 51.6 Å². The van der Waals surface area contributed by atoms with Gasteiger partial charge in [-0.2, -0.15) is 11.8 Å². The first-order chi connectivity index (χ1) is 10.2. The van der Waals surface area contributed by atoms with E-state index in [0.29, 0.717) is 12.1 Å². The first kappa shape index (κ1) is 18.4. The molecule has 1 rings (SSSR count). The number of anilines is 1. The van der Waals surface area contributed by atoms with E-state index in [-0.39, 0.29) is 0 Å². The number of para-hydroxylation sites is 1. The highest BCUT2D eigenvalue weighted by Crippen LogP contribution is 2.29. The van der Waals surface area contributed by atoms with Gasteiger partial charge in [0.05, 0.1) is 0 Å². The molecule has 0 heterocycles. The van der Waals surface area contributed by atoms with Crippen molar-refractivity contribution in [1.29, 1.82) is 0 Å². The SMILES string of the molecule is CCCNC(CC)c1ccccc1N(C)C(C)CCSC. The van der Waals surface area contributed by atoms with Crippen molar-refractivity contribution in [2.45, 2.75) is 52.1 Å². The molecule has 0 amide bonds. The summed E-state index contributed by atoms with van der Waals surface area (Å²) in [5.41, 5.74) is 2.81. The number of nitrogens with one attached hydrogen (secondary N) is 1. The molecule has 2 atom stereocenters. The van der Waals surface area contributed by atoms with E-state index in [1.165, 1.54) is 29.8 Å². The van der Waals surface area contributed by atoms with Crippen LogP contribution in [-0.4, -0.2) is 31.6 Å². The van der Waals surface area contributed by atoms with E-state index < -0.39 is 0 Å². The average molecular weight is 309 g/mol. The van der Waals surface area contributed by atoms with Gasteiger partial charge >= 0.3 is 0 Å². The van der Waals surface area contributed by atoms with Crippen molar-refractivity contribution >= 4 is 17.4 Å². The van der Waals surface area contributed by atoms with Gasteiger partial charge in [0.15, 0.2) is 0 Å². The van der Waals surface area contributed by atoms with Crippen LogP contribution in [0.15, 0.2) is 24.3 Å². The zero-order chi connectivity index (χ0) is 15.7. The Morgan fingerprint density at radius 1 is 1.24 bits per heavy atom. The van der Waals surface area contributed by atoms with E-state index in [1.54, 1.807) is 0 Å². The van der Waals surface area contributed by atoms with Crippen molar-refractivity contribution in [3.8, 4) is 0 Å². The summed E-state index contributed by atoms with van der Waals surface area (Å²) in [5, 5.41) is 3.68. The Labute approximate surface area is 135 Å². The van der Waals surface area contributed by atoms with E-state index >= 15 is 0 Å². The Balaban J connectivity index is 2.91. The second-order valence-electron chi connectivity index (χ2n) is 5.72. The van der Waals surface area contributed by atoms with Gasteiger partial charge in [-0.15, -0.1) is 0 Å². The van der Waals surface area contributed by atoms with Crippen molar-refractivity contribution in [3.63, 3.8) is 0 Å². The summed E-state index contributed by atoms with van der Waals surface area (Å²) < 4.78 is 0. The molecule has 0 radical (unpaired) electrons. The summed E-state index contributed by atoms with van der Waals surface area (Å²) in [4.78, 5) is 2.45. The summed E-state index contributed by atoms with van der Waals surface area (Å²) in [6.45, 7) is 7.90. The van der Waals surface area contributed by atoms with Crippen molar-refractivity contribution in [2.75, 3.05) is 30.5 Å². The predicted octanol–water partition coefficient (Wildman–Crippen LogP) is 4.72. The minimum atomic E-state index is 0.455. The van der Waals surface area contributed by atoms with Gasteiger partial charge in [-0.25, -0.2) is 0 Å². The molecule has 0 saturated heterocycles. The van der Waals surface area contributed by atoms with E-state index in [9.17, 15) is 0 Å². The van der Waals surface area contributed by atoms with E-state index in [4.69, 9.17) is 0 Å². The van der Waals surface area contributed by atoms with Crippen LogP contribution in [0.2, 0.25) is 0 Å². The zero-order valence-corrected chi connectivity index (χ0v) is 15.2. The Bertz CT molecular complexity index is 395. The van der Waals surface area contributed by atoms with Crippen LogP contribution in [0.3, 0.4) is 0 Å². The van der Waals surface area contributed by atoms with Crippen molar-refractivity contribution in [3.05, 3.63) is 29.8 Å². The maximum atomic E-state index is 3.68. The van der Waals surface area contributed by atoms with Gasteiger partial charge in [0, 0.05) is 24.8 Å². The van der Waals surface area contributed by atoms with Gasteiger partial charge < -0.3 is 10.2 Å². The molecule has 2 nitrogen and oxygen atoms in total. The number of rotatable bonds is 10. The highest BCUT2D eigenvalue weighted by Gasteiger charge is 2.17. The Hall–Kier alpha value is -0.670. The highest BCUT2D eigenvalue weighted by molar-refractivity contribution is 7.98. The minimum Gasteiger partial charge on any atom is -0.372 e.